The summed E-state index contributed by atoms with van der Waals surface area (Å²) in [6, 6.07) is 21.9. The normalized spacial score (nSPS) is 20.0. The first kappa shape index (κ1) is 24.9. The van der Waals surface area contributed by atoms with Crippen molar-refractivity contribution in [3.63, 3.8) is 0 Å². The summed E-state index contributed by atoms with van der Waals surface area (Å²) in [5, 5.41) is 10.7. The Hall–Kier alpha value is -3.18. The SMILES string of the molecule is CCCC(O)C[C@]1(c2ccccc2)CCN([C@@H](C)c2ccc(-c3ccn(C)c(=O)c3)cc2)C(=O)C1. The Labute approximate surface area is 208 Å². The molecule has 0 radical (unpaired) electrons. The molecule has 1 aliphatic heterocycles. The number of rotatable bonds is 8. The Balaban J connectivity index is 1.52. The van der Waals surface area contributed by atoms with Gasteiger partial charge in [-0.05, 0) is 54.5 Å². The highest BCUT2D eigenvalue weighted by Gasteiger charge is 2.42. The molecule has 1 aliphatic rings. The maximum Gasteiger partial charge on any atom is 0.250 e. The fourth-order valence-electron chi connectivity index (χ4n) is 5.43. The third-order valence-corrected chi connectivity index (χ3v) is 7.57. The lowest BCUT2D eigenvalue weighted by atomic mass is 9.68. The van der Waals surface area contributed by atoms with Gasteiger partial charge >= 0.3 is 0 Å². The van der Waals surface area contributed by atoms with Crippen LogP contribution in [-0.4, -0.2) is 33.1 Å². The molecule has 5 nitrogen and oxygen atoms in total. The first-order valence-electron chi connectivity index (χ1n) is 12.6. The highest BCUT2D eigenvalue weighted by atomic mass is 16.3. The number of aryl methyl sites for hydroxylation is 1. The molecule has 0 spiro atoms. The molecule has 1 amide bonds. The molecule has 2 heterocycles. The summed E-state index contributed by atoms with van der Waals surface area (Å²) in [4.78, 5) is 27.5. The number of nitrogens with zero attached hydrogens (tertiary/aromatic N) is 2. The van der Waals surface area contributed by atoms with Gasteiger partial charge in [-0.1, -0.05) is 67.9 Å². The topological polar surface area (TPSA) is 62.5 Å². The smallest absolute Gasteiger partial charge is 0.250 e. The molecule has 1 fully saturated rings. The summed E-state index contributed by atoms with van der Waals surface area (Å²) in [5.41, 5.74) is 3.73. The van der Waals surface area contributed by atoms with E-state index in [0.29, 0.717) is 19.4 Å². The summed E-state index contributed by atoms with van der Waals surface area (Å²) >= 11 is 0. The van der Waals surface area contributed by atoms with Crippen LogP contribution in [0, 0.1) is 0 Å². The second-order valence-corrected chi connectivity index (χ2v) is 9.97. The average Bonchev–Trinajstić information content (AvgIpc) is 2.86. The van der Waals surface area contributed by atoms with Crippen LogP contribution >= 0.6 is 0 Å². The van der Waals surface area contributed by atoms with Gasteiger partial charge in [0.25, 0.3) is 5.56 Å². The first-order chi connectivity index (χ1) is 16.8. The quantitative estimate of drug-likeness (QED) is 0.489. The highest BCUT2D eigenvalue weighted by Crippen LogP contribution is 2.42. The Morgan fingerprint density at radius 2 is 1.71 bits per heavy atom. The molecule has 35 heavy (non-hydrogen) atoms. The van der Waals surface area contributed by atoms with Gasteiger partial charge in [0.1, 0.15) is 0 Å². The predicted octanol–water partition coefficient (Wildman–Crippen LogP) is 5.22. The maximum absolute atomic E-state index is 13.5. The molecule has 1 unspecified atom stereocenters. The lowest BCUT2D eigenvalue weighted by molar-refractivity contribution is -0.139. The molecule has 1 aromatic heterocycles. The standard InChI is InChI=1S/C30H36N2O3/c1-4-8-27(33)20-30(26-9-6-5-7-10-26)16-18-32(29(35)21-30)22(2)23-11-13-24(14-12-23)25-15-17-31(3)28(34)19-25/h5-7,9-15,17,19,22,27,33H,4,8,16,18,20-21H2,1-3H3/t22-,27?,30+/m0/s1. The number of likely N-dealkylation sites (tertiary alicyclic amines) is 1. The van der Waals surface area contributed by atoms with Crippen molar-refractivity contribution in [3.05, 3.63) is 94.4 Å². The van der Waals surface area contributed by atoms with Crippen LogP contribution in [0.2, 0.25) is 0 Å². The molecule has 0 bridgehead atoms. The third kappa shape index (κ3) is 5.40. The van der Waals surface area contributed by atoms with E-state index in [0.717, 1.165) is 41.5 Å². The van der Waals surface area contributed by atoms with Crippen LogP contribution in [0.25, 0.3) is 11.1 Å². The van der Waals surface area contributed by atoms with Crippen molar-refractivity contribution in [2.45, 2.75) is 63.5 Å². The largest absolute Gasteiger partial charge is 0.393 e. The molecule has 3 atom stereocenters. The highest BCUT2D eigenvalue weighted by molar-refractivity contribution is 5.79. The van der Waals surface area contributed by atoms with Crippen molar-refractivity contribution >= 4 is 5.91 Å². The van der Waals surface area contributed by atoms with Crippen LogP contribution in [0.1, 0.15) is 63.1 Å². The van der Waals surface area contributed by atoms with E-state index >= 15 is 0 Å². The number of hydrogen-bond donors (Lipinski definition) is 1. The predicted molar refractivity (Wildman–Crippen MR) is 140 cm³/mol. The minimum absolute atomic E-state index is 0.0372. The van der Waals surface area contributed by atoms with Gasteiger partial charge in [-0.3, -0.25) is 9.59 Å². The zero-order valence-electron chi connectivity index (χ0n) is 21.0. The van der Waals surface area contributed by atoms with E-state index in [4.69, 9.17) is 0 Å². The van der Waals surface area contributed by atoms with Gasteiger partial charge in [0.2, 0.25) is 5.91 Å². The Kier molecular flexibility index (Phi) is 7.56. The van der Waals surface area contributed by atoms with E-state index in [1.54, 1.807) is 23.9 Å². The van der Waals surface area contributed by atoms with Crippen molar-refractivity contribution < 1.29 is 9.90 Å². The van der Waals surface area contributed by atoms with E-state index in [2.05, 4.69) is 38.1 Å². The number of aliphatic hydroxyl groups excluding tert-OH is 1. The fourth-order valence-corrected chi connectivity index (χ4v) is 5.43. The van der Waals surface area contributed by atoms with E-state index < -0.39 is 6.10 Å². The fraction of sp³-hybridized carbons (Fsp3) is 0.400. The first-order valence-corrected chi connectivity index (χ1v) is 12.6. The summed E-state index contributed by atoms with van der Waals surface area (Å²) in [6.07, 6.45) is 4.91. The van der Waals surface area contributed by atoms with Gasteiger partial charge in [-0.25, -0.2) is 0 Å². The number of benzene rings is 2. The summed E-state index contributed by atoms with van der Waals surface area (Å²) < 4.78 is 1.55. The zero-order chi connectivity index (χ0) is 25.0. The number of amides is 1. The number of aromatic nitrogens is 1. The number of carbonyl (C=O) groups excluding carboxylic acids is 1. The van der Waals surface area contributed by atoms with Crippen LogP contribution in [-0.2, 0) is 17.3 Å². The van der Waals surface area contributed by atoms with Gasteiger partial charge in [0.15, 0.2) is 0 Å². The Morgan fingerprint density at radius 3 is 2.34 bits per heavy atom. The van der Waals surface area contributed by atoms with E-state index in [1.807, 2.05) is 41.3 Å². The average molecular weight is 473 g/mol. The van der Waals surface area contributed by atoms with Crippen molar-refractivity contribution in [1.82, 2.24) is 9.47 Å². The molecule has 0 saturated carbocycles. The molecule has 3 aromatic rings. The lowest BCUT2D eigenvalue weighted by Crippen LogP contribution is -2.48. The summed E-state index contributed by atoms with van der Waals surface area (Å²) in [6.45, 7) is 4.81. The van der Waals surface area contributed by atoms with Crippen LogP contribution in [0.3, 0.4) is 0 Å². The molecule has 2 aromatic carbocycles. The number of piperidine rings is 1. The van der Waals surface area contributed by atoms with Gasteiger partial charge in [0, 0.05) is 37.7 Å². The number of carbonyl (C=O) groups is 1. The van der Waals surface area contributed by atoms with Gasteiger partial charge in [-0.15, -0.1) is 0 Å². The number of pyridine rings is 1. The van der Waals surface area contributed by atoms with Crippen molar-refractivity contribution in [3.8, 4) is 11.1 Å². The molecule has 1 saturated heterocycles. The summed E-state index contributed by atoms with van der Waals surface area (Å²) in [5.74, 6) is 0.131. The second-order valence-electron chi connectivity index (χ2n) is 9.97. The van der Waals surface area contributed by atoms with E-state index in [-0.39, 0.29) is 22.9 Å². The van der Waals surface area contributed by atoms with Gasteiger partial charge < -0.3 is 14.6 Å². The second kappa shape index (κ2) is 10.6. The van der Waals surface area contributed by atoms with Crippen LogP contribution < -0.4 is 5.56 Å². The molecular weight excluding hydrogens is 436 g/mol. The van der Waals surface area contributed by atoms with Gasteiger partial charge in [-0.2, -0.15) is 0 Å². The minimum Gasteiger partial charge on any atom is -0.393 e. The van der Waals surface area contributed by atoms with Crippen molar-refractivity contribution in [1.29, 1.82) is 0 Å². The minimum atomic E-state index is -0.403. The van der Waals surface area contributed by atoms with Crippen LogP contribution in [0.15, 0.2) is 77.7 Å². The Bertz CT molecular complexity index is 1200. The van der Waals surface area contributed by atoms with Crippen LogP contribution in [0.5, 0.6) is 0 Å². The number of hydrogen-bond acceptors (Lipinski definition) is 3. The molecule has 184 valence electrons. The van der Waals surface area contributed by atoms with E-state index in [1.165, 1.54) is 0 Å². The van der Waals surface area contributed by atoms with Crippen LogP contribution in [0.4, 0.5) is 0 Å². The number of aliphatic hydroxyl groups is 1. The molecule has 5 heteroatoms. The third-order valence-electron chi connectivity index (χ3n) is 7.57. The molecule has 4 rings (SSSR count). The Morgan fingerprint density at radius 1 is 1.00 bits per heavy atom. The molecule has 0 aliphatic carbocycles. The lowest BCUT2D eigenvalue weighted by Gasteiger charge is -2.45. The monoisotopic (exact) mass is 472 g/mol. The molecular formula is C30H36N2O3. The van der Waals surface area contributed by atoms with Crippen molar-refractivity contribution in [2.24, 2.45) is 7.05 Å². The van der Waals surface area contributed by atoms with Gasteiger partial charge in [0.05, 0.1) is 12.1 Å². The maximum atomic E-state index is 13.5. The van der Waals surface area contributed by atoms with E-state index in [9.17, 15) is 14.7 Å². The zero-order valence-corrected chi connectivity index (χ0v) is 21.0. The summed E-state index contributed by atoms with van der Waals surface area (Å²) in [7, 11) is 1.74. The van der Waals surface area contributed by atoms with Crippen molar-refractivity contribution in [2.75, 3.05) is 6.54 Å². The molecule has 1 N–H and O–H groups in total.